The third-order valence-electron chi connectivity index (χ3n) is 4.93. The monoisotopic (exact) mass is 495 g/mol. The van der Waals surface area contributed by atoms with Crippen LogP contribution in [0.5, 0.6) is 0 Å². The second kappa shape index (κ2) is 12.8. The van der Waals surface area contributed by atoms with E-state index in [1.807, 2.05) is 0 Å². The fraction of sp³-hybridized carbons (Fsp3) is 0.895. The standard InChI is InChI=1S/C19H37N5O2.HI/c1-4-21-19(24-7-5-6-16(13-24)10-18(20)25)22-11-17-14-23(8-9-26-17)12-15(2)3;/h15-17H,4-14H2,1-3H3,(H2,20,25)(H,21,22);1H. The normalized spacial score (nSPS) is 24.6. The molecule has 2 heterocycles. The predicted molar refractivity (Wildman–Crippen MR) is 121 cm³/mol. The highest BCUT2D eigenvalue weighted by atomic mass is 127. The van der Waals surface area contributed by atoms with Crippen LogP contribution in [0, 0.1) is 11.8 Å². The van der Waals surface area contributed by atoms with Crippen LogP contribution >= 0.6 is 24.0 Å². The summed E-state index contributed by atoms with van der Waals surface area (Å²) in [7, 11) is 0. The molecule has 2 fully saturated rings. The Hall–Kier alpha value is -0.610. The number of amides is 1. The van der Waals surface area contributed by atoms with Crippen molar-refractivity contribution in [1.29, 1.82) is 0 Å². The summed E-state index contributed by atoms with van der Waals surface area (Å²) in [6, 6.07) is 0. The lowest BCUT2D eigenvalue weighted by Crippen LogP contribution is -2.48. The summed E-state index contributed by atoms with van der Waals surface area (Å²) in [6.45, 7) is 13.8. The second-order valence-electron chi connectivity index (χ2n) is 7.97. The van der Waals surface area contributed by atoms with Crippen molar-refractivity contribution >= 4 is 35.8 Å². The number of ether oxygens (including phenoxy) is 1. The van der Waals surface area contributed by atoms with Crippen LogP contribution in [0.3, 0.4) is 0 Å². The van der Waals surface area contributed by atoms with Crippen molar-refractivity contribution in [2.75, 3.05) is 52.4 Å². The maximum absolute atomic E-state index is 11.2. The van der Waals surface area contributed by atoms with Crippen LogP contribution in [-0.2, 0) is 9.53 Å². The Kier molecular flexibility index (Phi) is 11.6. The molecule has 2 atom stereocenters. The Labute approximate surface area is 181 Å². The molecule has 2 rings (SSSR count). The van der Waals surface area contributed by atoms with Gasteiger partial charge in [0.05, 0.1) is 19.3 Å². The topological polar surface area (TPSA) is 83.2 Å². The third-order valence-corrected chi connectivity index (χ3v) is 4.93. The zero-order valence-electron chi connectivity index (χ0n) is 17.2. The zero-order chi connectivity index (χ0) is 18.9. The third kappa shape index (κ3) is 8.95. The molecular weight excluding hydrogens is 457 g/mol. The minimum atomic E-state index is -0.209. The lowest BCUT2D eigenvalue weighted by atomic mass is 9.95. The van der Waals surface area contributed by atoms with Crippen molar-refractivity contribution in [3.8, 4) is 0 Å². The van der Waals surface area contributed by atoms with Gasteiger partial charge in [-0.15, -0.1) is 24.0 Å². The summed E-state index contributed by atoms with van der Waals surface area (Å²) in [4.78, 5) is 20.8. The first kappa shape index (κ1) is 24.4. The molecule has 2 aliphatic rings. The van der Waals surface area contributed by atoms with Crippen LogP contribution in [0.4, 0.5) is 0 Å². The molecule has 2 unspecified atom stereocenters. The van der Waals surface area contributed by atoms with Crippen LogP contribution in [0.15, 0.2) is 4.99 Å². The lowest BCUT2D eigenvalue weighted by molar-refractivity contribution is -0.119. The quantitative estimate of drug-likeness (QED) is 0.318. The van der Waals surface area contributed by atoms with Crippen molar-refractivity contribution in [1.82, 2.24) is 15.1 Å². The van der Waals surface area contributed by atoms with E-state index in [4.69, 9.17) is 15.5 Å². The first-order chi connectivity index (χ1) is 12.5. The summed E-state index contributed by atoms with van der Waals surface area (Å²) in [5.74, 6) is 1.73. The molecule has 0 aromatic heterocycles. The van der Waals surface area contributed by atoms with E-state index < -0.39 is 0 Å². The van der Waals surface area contributed by atoms with Crippen LogP contribution in [0.1, 0.15) is 40.0 Å². The highest BCUT2D eigenvalue weighted by Gasteiger charge is 2.25. The molecule has 0 radical (unpaired) electrons. The van der Waals surface area contributed by atoms with Gasteiger partial charge in [-0.3, -0.25) is 14.7 Å². The van der Waals surface area contributed by atoms with Gasteiger partial charge in [0.2, 0.25) is 5.91 Å². The highest BCUT2D eigenvalue weighted by Crippen LogP contribution is 2.19. The molecule has 3 N–H and O–H groups in total. The number of guanidine groups is 1. The van der Waals surface area contributed by atoms with Gasteiger partial charge in [0.15, 0.2) is 5.96 Å². The van der Waals surface area contributed by atoms with Crippen molar-refractivity contribution in [3.63, 3.8) is 0 Å². The molecule has 1 amide bonds. The van der Waals surface area contributed by atoms with E-state index in [1.54, 1.807) is 0 Å². The maximum atomic E-state index is 11.2. The lowest BCUT2D eigenvalue weighted by Gasteiger charge is -2.36. The van der Waals surface area contributed by atoms with Crippen molar-refractivity contribution < 1.29 is 9.53 Å². The zero-order valence-corrected chi connectivity index (χ0v) is 19.5. The number of carbonyl (C=O) groups is 1. The van der Waals surface area contributed by atoms with Crippen molar-refractivity contribution in [3.05, 3.63) is 0 Å². The Morgan fingerprint density at radius 1 is 1.33 bits per heavy atom. The van der Waals surface area contributed by atoms with Gasteiger partial charge in [-0.2, -0.15) is 0 Å². The van der Waals surface area contributed by atoms with E-state index in [9.17, 15) is 4.79 Å². The molecule has 0 aromatic carbocycles. The molecule has 27 heavy (non-hydrogen) atoms. The number of nitrogens with zero attached hydrogens (tertiary/aromatic N) is 3. The number of primary amides is 1. The van der Waals surface area contributed by atoms with Gasteiger partial charge in [0.25, 0.3) is 0 Å². The summed E-state index contributed by atoms with van der Waals surface area (Å²) in [5.41, 5.74) is 5.38. The molecule has 0 spiro atoms. The van der Waals surface area contributed by atoms with Crippen LogP contribution < -0.4 is 11.1 Å². The number of nitrogens with two attached hydrogens (primary N) is 1. The minimum absolute atomic E-state index is 0. The maximum Gasteiger partial charge on any atom is 0.217 e. The van der Waals surface area contributed by atoms with E-state index in [-0.39, 0.29) is 36.0 Å². The van der Waals surface area contributed by atoms with Crippen LogP contribution in [-0.4, -0.2) is 80.2 Å². The first-order valence-corrected chi connectivity index (χ1v) is 10.1. The molecule has 158 valence electrons. The summed E-state index contributed by atoms with van der Waals surface area (Å²) >= 11 is 0. The summed E-state index contributed by atoms with van der Waals surface area (Å²) in [6.07, 6.45) is 2.76. The predicted octanol–water partition coefficient (Wildman–Crippen LogP) is 1.51. The largest absolute Gasteiger partial charge is 0.374 e. The van der Waals surface area contributed by atoms with Crippen molar-refractivity contribution in [2.24, 2.45) is 22.6 Å². The smallest absolute Gasteiger partial charge is 0.217 e. The van der Waals surface area contributed by atoms with E-state index in [0.717, 1.165) is 64.7 Å². The number of rotatable bonds is 7. The van der Waals surface area contributed by atoms with Gasteiger partial charge in [0, 0.05) is 45.7 Å². The molecule has 2 saturated heterocycles. The number of piperidine rings is 1. The fourth-order valence-corrected chi connectivity index (χ4v) is 3.90. The number of likely N-dealkylation sites (tertiary alicyclic amines) is 1. The number of carbonyl (C=O) groups excluding carboxylic acids is 1. The SMILES string of the molecule is CCNC(=NCC1CN(CC(C)C)CCO1)N1CCCC(CC(N)=O)C1.I. The van der Waals surface area contributed by atoms with Crippen LogP contribution in [0.2, 0.25) is 0 Å². The second-order valence-corrected chi connectivity index (χ2v) is 7.97. The summed E-state index contributed by atoms with van der Waals surface area (Å²) < 4.78 is 5.92. The average molecular weight is 495 g/mol. The highest BCUT2D eigenvalue weighted by molar-refractivity contribution is 14.0. The molecule has 0 aliphatic carbocycles. The Morgan fingerprint density at radius 3 is 2.78 bits per heavy atom. The Morgan fingerprint density at radius 2 is 2.11 bits per heavy atom. The number of nitrogens with one attached hydrogen (secondary N) is 1. The minimum Gasteiger partial charge on any atom is -0.374 e. The molecule has 0 saturated carbocycles. The Balaban J connectivity index is 0.00000364. The van der Waals surface area contributed by atoms with Gasteiger partial charge in [-0.1, -0.05) is 13.8 Å². The summed E-state index contributed by atoms with van der Waals surface area (Å²) in [5, 5.41) is 3.40. The average Bonchev–Trinajstić information content (AvgIpc) is 2.58. The molecule has 2 aliphatic heterocycles. The van der Waals surface area contributed by atoms with Crippen LogP contribution in [0.25, 0.3) is 0 Å². The van der Waals surface area contributed by atoms with Gasteiger partial charge in [0.1, 0.15) is 0 Å². The van der Waals surface area contributed by atoms with Gasteiger partial charge >= 0.3 is 0 Å². The van der Waals surface area contributed by atoms with E-state index >= 15 is 0 Å². The van der Waals surface area contributed by atoms with E-state index in [0.29, 0.717) is 24.8 Å². The number of halogens is 1. The fourth-order valence-electron chi connectivity index (χ4n) is 3.90. The Bertz CT molecular complexity index is 475. The molecule has 0 bridgehead atoms. The van der Waals surface area contributed by atoms with E-state index in [2.05, 4.69) is 35.9 Å². The molecule has 0 aromatic rings. The molecule has 7 nitrogen and oxygen atoms in total. The van der Waals surface area contributed by atoms with Gasteiger partial charge in [-0.25, -0.2) is 0 Å². The van der Waals surface area contributed by atoms with Gasteiger partial charge < -0.3 is 20.7 Å². The molecular formula is C19H38IN5O2. The number of hydrogen-bond donors (Lipinski definition) is 2. The number of hydrogen-bond acceptors (Lipinski definition) is 4. The molecule has 8 heteroatoms. The number of morpholine rings is 1. The van der Waals surface area contributed by atoms with E-state index in [1.165, 1.54) is 0 Å². The van der Waals surface area contributed by atoms with Gasteiger partial charge in [-0.05, 0) is 31.6 Å². The number of aliphatic imine (C=N–C) groups is 1. The van der Waals surface area contributed by atoms with Crippen molar-refractivity contribution in [2.45, 2.75) is 46.1 Å². The first-order valence-electron chi connectivity index (χ1n) is 10.1.